The summed E-state index contributed by atoms with van der Waals surface area (Å²) in [5.74, 6) is 0.505. The van der Waals surface area contributed by atoms with Gasteiger partial charge >= 0.3 is 0 Å². The fraction of sp³-hybridized carbons (Fsp3) is 0.200. The number of anilines is 1. The van der Waals surface area contributed by atoms with Crippen molar-refractivity contribution in [3.63, 3.8) is 0 Å². The molecule has 0 radical (unpaired) electrons. The number of hydrogen-bond donors (Lipinski definition) is 2. The van der Waals surface area contributed by atoms with Crippen molar-refractivity contribution in [3.8, 4) is 0 Å². The lowest BCUT2D eigenvalue weighted by Gasteiger charge is -2.07. The molecule has 0 unspecified atom stereocenters. The Kier molecular flexibility index (Phi) is 3.74. The van der Waals surface area contributed by atoms with E-state index in [0.29, 0.717) is 10.8 Å². The van der Waals surface area contributed by atoms with Gasteiger partial charge in [0.1, 0.15) is 12.2 Å². The Labute approximate surface area is 115 Å². The van der Waals surface area contributed by atoms with Crippen molar-refractivity contribution in [1.82, 2.24) is 19.5 Å². The van der Waals surface area contributed by atoms with Crippen LogP contribution in [-0.2, 0) is 23.6 Å². The lowest BCUT2D eigenvalue weighted by atomic mass is 10.3. The van der Waals surface area contributed by atoms with E-state index >= 15 is 0 Å². The smallest absolute Gasteiger partial charge is 0.241 e. The molecule has 9 heteroatoms. The third-order valence-electron chi connectivity index (χ3n) is 2.50. The number of hydrogen-bond acceptors (Lipinski definition) is 5. The van der Waals surface area contributed by atoms with E-state index in [1.165, 1.54) is 24.5 Å². The van der Waals surface area contributed by atoms with Crippen LogP contribution in [0.25, 0.3) is 0 Å². The van der Waals surface area contributed by atoms with Crippen LogP contribution in [0.3, 0.4) is 0 Å². The molecule has 0 saturated carbocycles. The number of rotatable bonds is 4. The fourth-order valence-electron chi connectivity index (χ4n) is 1.40. The van der Waals surface area contributed by atoms with Crippen LogP contribution >= 0.6 is 11.6 Å². The minimum atomic E-state index is -3.66. The van der Waals surface area contributed by atoms with E-state index in [9.17, 15) is 8.42 Å². The number of nitrogens with two attached hydrogens (primary N) is 1. The average Bonchev–Trinajstić information content (AvgIpc) is 2.76. The zero-order chi connectivity index (χ0) is 14.0. The van der Waals surface area contributed by atoms with E-state index in [1.54, 1.807) is 11.6 Å². The molecule has 3 N–H and O–H groups in total. The van der Waals surface area contributed by atoms with E-state index < -0.39 is 10.0 Å². The quantitative estimate of drug-likeness (QED) is 0.802. The van der Waals surface area contributed by atoms with Crippen LogP contribution in [0.1, 0.15) is 5.82 Å². The Hall–Kier alpha value is -1.64. The normalized spacial score (nSPS) is 11.7. The Morgan fingerprint density at radius 3 is 2.79 bits per heavy atom. The second-order valence-corrected chi connectivity index (χ2v) is 6.04. The number of aromatic nitrogens is 3. The van der Waals surface area contributed by atoms with Crippen molar-refractivity contribution in [2.45, 2.75) is 11.4 Å². The van der Waals surface area contributed by atoms with E-state index in [-0.39, 0.29) is 17.1 Å². The highest BCUT2D eigenvalue weighted by molar-refractivity contribution is 7.89. The monoisotopic (exact) mass is 301 g/mol. The number of nitrogens with zero attached hydrogens (tertiary/aromatic N) is 3. The molecule has 0 aliphatic heterocycles. The zero-order valence-electron chi connectivity index (χ0n) is 10.0. The Balaban J connectivity index is 2.18. The van der Waals surface area contributed by atoms with Gasteiger partial charge < -0.3 is 10.3 Å². The molecule has 2 aromatic rings. The summed E-state index contributed by atoms with van der Waals surface area (Å²) < 4.78 is 28.1. The summed E-state index contributed by atoms with van der Waals surface area (Å²) in [5.41, 5.74) is 5.79. The molecular weight excluding hydrogens is 290 g/mol. The van der Waals surface area contributed by atoms with E-state index in [0.717, 1.165) is 0 Å². The Bertz CT molecular complexity index is 698. The highest BCUT2D eigenvalue weighted by Crippen LogP contribution is 2.22. The standard InChI is InChI=1S/C10H12ClN5O2S/c1-16-6-13-15-10(16)5-14-19(17,18)7-2-3-8(11)9(12)4-7/h2-4,6,14H,5,12H2,1H3. The second kappa shape index (κ2) is 5.16. The first-order chi connectivity index (χ1) is 8.90. The molecule has 0 amide bonds. The number of nitrogens with one attached hydrogen (secondary N) is 1. The molecule has 1 heterocycles. The second-order valence-electron chi connectivity index (χ2n) is 3.87. The summed E-state index contributed by atoms with van der Waals surface area (Å²) in [4.78, 5) is 0.0524. The van der Waals surface area contributed by atoms with Crippen LogP contribution in [0.4, 0.5) is 5.69 Å². The SMILES string of the molecule is Cn1cnnc1CNS(=O)(=O)c1ccc(Cl)c(N)c1. The summed E-state index contributed by atoms with van der Waals surface area (Å²) in [5, 5.41) is 7.76. The van der Waals surface area contributed by atoms with Crippen molar-refractivity contribution in [3.05, 3.63) is 35.4 Å². The minimum absolute atomic E-state index is 0.0430. The first-order valence-electron chi connectivity index (χ1n) is 5.28. The number of aryl methyl sites for hydroxylation is 1. The van der Waals surface area contributed by atoms with Crippen LogP contribution in [0.5, 0.6) is 0 Å². The number of nitrogen functional groups attached to an aromatic ring is 1. The van der Waals surface area contributed by atoms with Crippen LogP contribution in [0.2, 0.25) is 5.02 Å². The molecule has 102 valence electrons. The van der Waals surface area contributed by atoms with Crippen molar-refractivity contribution in [2.24, 2.45) is 7.05 Å². The molecule has 1 aromatic carbocycles. The topological polar surface area (TPSA) is 103 Å². The average molecular weight is 302 g/mol. The predicted molar refractivity (Wildman–Crippen MR) is 70.9 cm³/mol. The molecule has 0 bridgehead atoms. The van der Waals surface area contributed by atoms with Gasteiger partial charge in [0.2, 0.25) is 10.0 Å². The summed E-state index contributed by atoms with van der Waals surface area (Å²) in [6, 6.07) is 4.13. The Morgan fingerprint density at radius 2 is 2.21 bits per heavy atom. The maximum absolute atomic E-state index is 12.0. The van der Waals surface area contributed by atoms with Crippen molar-refractivity contribution in [2.75, 3.05) is 5.73 Å². The van der Waals surface area contributed by atoms with Gasteiger partial charge in [-0.25, -0.2) is 13.1 Å². The van der Waals surface area contributed by atoms with E-state index in [2.05, 4.69) is 14.9 Å². The van der Waals surface area contributed by atoms with Gasteiger partial charge in [0.15, 0.2) is 0 Å². The van der Waals surface area contributed by atoms with E-state index in [4.69, 9.17) is 17.3 Å². The van der Waals surface area contributed by atoms with Gasteiger partial charge in [-0.3, -0.25) is 0 Å². The predicted octanol–water partition coefficient (Wildman–Crippen LogP) is 0.529. The molecule has 19 heavy (non-hydrogen) atoms. The molecule has 0 fully saturated rings. The van der Waals surface area contributed by atoms with Crippen molar-refractivity contribution < 1.29 is 8.42 Å². The molecule has 7 nitrogen and oxygen atoms in total. The van der Waals surface area contributed by atoms with Crippen LogP contribution in [0, 0.1) is 0 Å². The summed E-state index contributed by atoms with van der Waals surface area (Å²) in [6.07, 6.45) is 1.49. The number of benzene rings is 1. The molecule has 0 saturated heterocycles. The molecule has 1 aromatic heterocycles. The zero-order valence-corrected chi connectivity index (χ0v) is 11.6. The maximum atomic E-state index is 12.0. The van der Waals surface area contributed by atoms with Gasteiger partial charge in [0.25, 0.3) is 0 Å². The van der Waals surface area contributed by atoms with Crippen molar-refractivity contribution >= 4 is 27.3 Å². The van der Waals surface area contributed by atoms with Gasteiger partial charge in [-0.15, -0.1) is 10.2 Å². The first kappa shape index (κ1) is 13.8. The molecule has 0 atom stereocenters. The van der Waals surface area contributed by atoms with E-state index in [1.807, 2.05) is 0 Å². The summed E-state index contributed by atoms with van der Waals surface area (Å²) in [6.45, 7) is 0.0430. The van der Waals surface area contributed by atoms with Crippen LogP contribution in [-0.4, -0.2) is 23.2 Å². The summed E-state index contributed by atoms with van der Waals surface area (Å²) >= 11 is 5.75. The third-order valence-corrected chi connectivity index (χ3v) is 4.25. The highest BCUT2D eigenvalue weighted by Gasteiger charge is 2.16. The lowest BCUT2D eigenvalue weighted by molar-refractivity contribution is 0.577. The van der Waals surface area contributed by atoms with Crippen LogP contribution in [0.15, 0.2) is 29.4 Å². The van der Waals surface area contributed by atoms with Crippen LogP contribution < -0.4 is 10.5 Å². The third kappa shape index (κ3) is 3.03. The fourth-order valence-corrected chi connectivity index (χ4v) is 2.53. The number of sulfonamides is 1. The van der Waals surface area contributed by atoms with Gasteiger partial charge in [-0.2, -0.15) is 0 Å². The minimum Gasteiger partial charge on any atom is -0.397 e. The van der Waals surface area contributed by atoms with Gasteiger partial charge in [-0.05, 0) is 18.2 Å². The molecule has 0 aliphatic carbocycles. The van der Waals surface area contributed by atoms with Crippen molar-refractivity contribution in [1.29, 1.82) is 0 Å². The first-order valence-corrected chi connectivity index (χ1v) is 7.14. The molecule has 0 spiro atoms. The summed E-state index contributed by atoms with van der Waals surface area (Å²) in [7, 11) is -1.94. The maximum Gasteiger partial charge on any atom is 0.241 e. The van der Waals surface area contributed by atoms with Gasteiger partial charge in [0.05, 0.1) is 22.2 Å². The number of halogens is 1. The largest absolute Gasteiger partial charge is 0.397 e. The molecule has 2 rings (SSSR count). The Morgan fingerprint density at radius 1 is 1.47 bits per heavy atom. The van der Waals surface area contributed by atoms with Gasteiger partial charge in [-0.1, -0.05) is 11.6 Å². The molecule has 0 aliphatic rings. The van der Waals surface area contributed by atoms with Gasteiger partial charge in [0, 0.05) is 7.05 Å². The highest BCUT2D eigenvalue weighted by atomic mass is 35.5. The lowest BCUT2D eigenvalue weighted by Crippen LogP contribution is -2.24. The molecular formula is C10H12ClN5O2S.